The van der Waals surface area contributed by atoms with E-state index in [1.165, 1.54) is 11.3 Å². The molecule has 1 aliphatic heterocycles. The molecule has 6 nitrogen and oxygen atoms in total. The van der Waals surface area contributed by atoms with Crippen LogP contribution in [0.25, 0.3) is 5.69 Å². The van der Waals surface area contributed by atoms with Gasteiger partial charge in [0.05, 0.1) is 29.6 Å². The highest BCUT2D eigenvalue weighted by Gasteiger charge is 2.36. The fourth-order valence-electron chi connectivity index (χ4n) is 3.00. The maximum atomic E-state index is 12.6. The van der Waals surface area contributed by atoms with Gasteiger partial charge in [0, 0.05) is 23.7 Å². The number of aromatic nitrogens is 3. The fourth-order valence-corrected chi connectivity index (χ4v) is 3.69. The molecule has 0 radical (unpaired) electrons. The van der Waals surface area contributed by atoms with Gasteiger partial charge < -0.3 is 10.1 Å². The second-order valence-electron chi connectivity index (χ2n) is 6.02. The lowest BCUT2D eigenvalue weighted by Crippen LogP contribution is -2.25. The monoisotopic (exact) mass is 354 g/mol. The Morgan fingerprint density at radius 1 is 1.36 bits per heavy atom. The highest BCUT2D eigenvalue weighted by molar-refractivity contribution is 7.13. The van der Waals surface area contributed by atoms with Crippen LogP contribution in [0.3, 0.4) is 0 Å². The summed E-state index contributed by atoms with van der Waals surface area (Å²) in [5, 5.41) is 9.86. The van der Waals surface area contributed by atoms with E-state index in [2.05, 4.69) is 15.4 Å². The van der Waals surface area contributed by atoms with Crippen molar-refractivity contribution in [2.75, 3.05) is 11.9 Å². The van der Waals surface area contributed by atoms with E-state index in [9.17, 15) is 4.79 Å². The zero-order valence-electron chi connectivity index (χ0n) is 13.8. The van der Waals surface area contributed by atoms with Gasteiger partial charge >= 0.3 is 0 Å². The molecule has 0 bridgehead atoms. The molecule has 3 aromatic rings. The van der Waals surface area contributed by atoms with Gasteiger partial charge in [-0.15, -0.1) is 11.3 Å². The van der Waals surface area contributed by atoms with Crippen molar-refractivity contribution in [1.29, 1.82) is 0 Å². The first kappa shape index (κ1) is 16.0. The van der Waals surface area contributed by atoms with E-state index >= 15 is 0 Å². The molecule has 0 unspecified atom stereocenters. The summed E-state index contributed by atoms with van der Waals surface area (Å²) in [6, 6.07) is 9.88. The van der Waals surface area contributed by atoms with Gasteiger partial charge in [0.1, 0.15) is 0 Å². The molecule has 0 saturated carbocycles. The van der Waals surface area contributed by atoms with Crippen molar-refractivity contribution < 1.29 is 9.53 Å². The van der Waals surface area contributed by atoms with Crippen LogP contribution in [0.2, 0.25) is 0 Å². The average molecular weight is 354 g/mol. The molecule has 1 saturated heterocycles. The van der Waals surface area contributed by atoms with Crippen LogP contribution in [0.4, 0.5) is 5.13 Å². The van der Waals surface area contributed by atoms with E-state index in [-0.39, 0.29) is 17.9 Å². The van der Waals surface area contributed by atoms with E-state index in [1.54, 1.807) is 10.9 Å². The summed E-state index contributed by atoms with van der Waals surface area (Å²) in [4.78, 5) is 16.9. The highest BCUT2D eigenvalue weighted by Crippen LogP contribution is 2.35. The van der Waals surface area contributed by atoms with Crippen molar-refractivity contribution in [3.8, 4) is 5.69 Å². The molecule has 25 heavy (non-hydrogen) atoms. The first-order chi connectivity index (χ1) is 12.2. The molecule has 1 amide bonds. The largest absolute Gasteiger partial charge is 0.373 e. The standard InChI is InChI=1S/C18H18N4O2S/c1-12-11-25-18(20-12)21-17(23)15-7-8-24-16(15)13-9-19-22(10-13)14-5-3-2-4-6-14/h2-6,9-11,15-16H,7-8H2,1H3,(H,20,21,23)/t15-,16+/m0/s1. The van der Waals surface area contributed by atoms with Crippen LogP contribution in [0, 0.1) is 12.8 Å². The van der Waals surface area contributed by atoms with Crippen molar-refractivity contribution in [3.63, 3.8) is 0 Å². The topological polar surface area (TPSA) is 69.0 Å². The van der Waals surface area contributed by atoms with Crippen molar-refractivity contribution in [2.24, 2.45) is 5.92 Å². The molecule has 128 valence electrons. The average Bonchev–Trinajstić information content (AvgIpc) is 3.35. The van der Waals surface area contributed by atoms with Crippen LogP contribution in [0.5, 0.6) is 0 Å². The smallest absolute Gasteiger partial charge is 0.232 e. The number of amides is 1. The van der Waals surface area contributed by atoms with Gasteiger partial charge in [0.2, 0.25) is 5.91 Å². The number of benzene rings is 1. The number of para-hydroxylation sites is 1. The summed E-state index contributed by atoms with van der Waals surface area (Å²) >= 11 is 1.43. The highest BCUT2D eigenvalue weighted by atomic mass is 32.1. The molecule has 1 fully saturated rings. The quantitative estimate of drug-likeness (QED) is 0.780. The Balaban J connectivity index is 1.51. The van der Waals surface area contributed by atoms with Crippen molar-refractivity contribution in [2.45, 2.75) is 19.4 Å². The van der Waals surface area contributed by atoms with E-state index < -0.39 is 0 Å². The van der Waals surface area contributed by atoms with Crippen LogP contribution in [-0.4, -0.2) is 27.3 Å². The molecular formula is C18H18N4O2S. The number of hydrogen-bond acceptors (Lipinski definition) is 5. The van der Waals surface area contributed by atoms with E-state index in [0.29, 0.717) is 18.2 Å². The van der Waals surface area contributed by atoms with Crippen molar-refractivity contribution >= 4 is 22.4 Å². The SMILES string of the molecule is Cc1csc(NC(=O)[C@H]2CCO[C@@H]2c2cnn(-c3ccccc3)c2)n1. The first-order valence-corrected chi connectivity index (χ1v) is 9.03. The lowest BCUT2D eigenvalue weighted by molar-refractivity contribution is -0.121. The van der Waals surface area contributed by atoms with Crippen LogP contribution < -0.4 is 5.32 Å². The lowest BCUT2D eigenvalue weighted by atomic mass is 9.96. The van der Waals surface area contributed by atoms with E-state index in [1.807, 2.05) is 48.8 Å². The Kier molecular flexibility index (Phi) is 4.33. The number of nitrogens with zero attached hydrogens (tertiary/aromatic N) is 3. The summed E-state index contributed by atoms with van der Waals surface area (Å²) in [6.07, 6.45) is 4.12. The van der Waals surface area contributed by atoms with Crippen molar-refractivity contribution in [1.82, 2.24) is 14.8 Å². The number of rotatable bonds is 4. The second-order valence-corrected chi connectivity index (χ2v) is 6.88. The Morgan fingerprint density at radius 3 is 2.96 bits per heavy atom. The molecule has 2 atom stereocenters. The van der Waals surface area contributed by atoms with Gasteiger partial charge in [-0.25, -0.2) is 9.67 Å². The van der Waals surface area contributed by atoms with Gasteiger partial charge in [0.25, 0.3) is 0 Å². The van der Waals surface area contributed by atoms with Crippen LogP contribution in [0.15, 0.2) is 48.1 Å². The van der Waals surface area contributed by atoms with Gasteiger partial charge in [-0.1, -0.05) is 18.2 Å². The van der Waals surface area contributed by atoms with E-state index in [4.69, 9.17) is 4.74 Å². The van der Waals surface area contributed by atoms with Gasteiger partial charge in [-0.05, 0) is 25.5 Å². The molecule has 3 heterocycles. The van der Waals surface area contributed by atoms with Gasteiger partial charge in [0.15, 0.2) is 5.13 Å². The third-order valence-corrected chi connectivity index (χ3v) is 5.11. The summed E-state index contributed by atoms with van der Waals surface area (Å²) in [6.45, 7) is 2.47. The molecule has 0 spiro atoms. The van der Waals surface area contributed by atoms with Gasteiger partial charge in [-0.3, -0.25) is 4.79 Å². The Hall–Kier alpha value is -2.51. The summed E-state index contributed by atoms with van der Waals surface area (Å²) in [5.41, 5.74) is 2.80. The maximum absolute atomic E-state index is 12.6. The van der Waals surface area contributed by atoms with Crippen LogP contribution in [0.1, 0.15) is 23.8 Å². The zero-order valence-corrected chi connectivity index (χ0v) is 14.6. The molecule has 0 aliphatic carbocycles. The molecule has 1 aromatic carbocycles. The zero-order chi connectivity index (χ0) is 17.2. The first-order valence-electron chi connectivity index (χ1n) is 8.15. The number of carbonyl (C=O) groups is 1. The van der Waals surface area contributed by atoms with Crippen LogP contribution >= 0.6 is 11.3 Å². The van der Waals surface area contributed by atoms with Gasteiger partial charge in [-0.2, -0.15) is 5.10 Å². The molecular weight excluding hydrogens is 336 g/mol. The minimum absolute atomic E-state index is 0.0516. The number of carbonyl (C=O) groups excluding carboxylic acids is 1. The Morgan fingerprint density at radius 2 is 2.20 bits per heavy atom. The predicted octanol–water partition coefficient (Wildman–Crippen LogP) is 3.35. The number of thiazole rings is 1. The molecule has 1 N–H and O–H groups in total. The summed E-state index contributed by atoms with van der Waals surface area (Å²) < 4.78 is 7.64. The third-order valence-electron chi connectivity index (χ3n) is 4.23. The molecule has 7 heteroatoms. The van der Waals surface area contributed by atoms with Crippen LogP contribution in [-0.2, 0) is 9.53 Å². The number of nitrogens with one attached hydrogen (secondary N) is 1. The van der Waals surface area contributed by atoms with Crippen molar-refractivity contribution in [3.05, 3.63) is 59.4 Å². The molecule has 4 rings (SSSR count). The number of hydrogen-bond donors (Lipinski definition) is 1. The second kappa shape index (κ2) is 6.78. The van der Waals surface area contributed by atoms with E-state index in [0.717, 1.165) is 16.9 Å². The molecule has 1 aliphatic rings. The Bertz CT molecular complexity index is 874. The maximum Gasteiger partial charge on any atom is 0.232 e. The summed E-state index contributed by atoms with van der Waals surface area (Å²) in [7, 11) is 0. The normalized spacial score (nSPS) is 19.9. The molecule has 2 aromatic heterocycles. The Labute approximate surface area is 149 Å². The summed E-state index contributed by atoms with van der Waals surface area (Å²) in [5.74, 6) is -0.290. The third kappa shape index (κ3) is 3.33. The number of aryl methyl sites for hydroxylation is 1. The minimum Gasteiger partial charge on any atom is -0.373 e. The number of anilines is 1. The minimum atomic E-state index is -0.279. The predicted molar refractivity (Wildman–Crippen MR) is 95.8 cm³/mol. The lowest BCUT2D eigenvalue weighted by Gasteiger charge is -2.16. The number of ether oxygens (including phenoxy) is 1. The fraction of sp³-hybridized carbons (Fsp3) is 0.278.